The molecule has 1 atom stereocenters. The Balaban J connectivity index is 1.66. The molecular weight excluding hydrogens is 322 g/mol. The normalized spacial score (nSPS) is 15.4. The molecule has 1 aliphatic rings. The third kappa shape index (κ3) is 4.34. The van der Waals surface area contributed by atoms with Crippen LogP contribution in [0.25, 0.3) is 0 Å². The summed E-state index contributed by atoms with van der Waals surface area (Å²) in [5.74, 6) is 0.749. The van der Waals surface area contributed by atoms with Crippen LogP contribution in [0.4, 0.5) is 5.82 Å². The number of hydrogen-bond acceptors (Lipinski definition) is 6. The second kappa shape index (κ2) is 8.09. The van der Waals surface area contributed by atoms with E-state index < -0.39 is 6.10 Å². The van der Waals surface area contributed by atoms with Gasteiger partial charge in [0.2, 0.25) is 5.91 Å². The second-order valence-corrected chi connectivity index (χ2v) is 6.10. The van der Waals surface area contributed by atoms with Crippen LogP contribution in [0.1, 0.15) is 11.3 Å². The van der Waals surface area contributed by atoms with Gasteiger partial charge in [-0.05, 0) is 18.6 Å². The maximum atomic E-state index is 12.5. The van der Waals surface area contributed by atoms with Crippen LogP contribution in [-0.2, 0) is 24.2 Å². The molecule has 0 fully saturated rings. The van der Waals surface area contributed by atoms with Crippen LogP contribution < -0.4 is 5.32 Å². The summed E-state index contributed by atoms with van der Waals surface area (Å²) in [6, 6.07) is 3.81. The highest BCUT2D eigenvalue weighted by Gasteiger charge is 2.22. The molecule has 1 amide bonds. The number of aliphatic hydroxyl groups is 2. The molecule has 3 heterocycles. The topological polar surface area (TPSA) is 104 Å². The zero-order chi connectivity index (χ0) is 17.6. The molecule has 0 unspecified atom stereocenters. The zero-order valence-electron chi connectivity index (χ0n) is 14.0. The molecular formula is C17H23N5O3. The molecule has 0 aromatic carbocycles. The van der Waals surface area contributed by atoms with E-state index in [1.54, 1.807) is 0 Å². The Bertz CT molecular complexity index is 704. The Morgan fingerprint density at radius 3 is 2.76 bits per heavy atom. The van der Waals surface area contributed by atoms with E-state index >= 15 is 0 Å². The average molecular weight is 345 g/mol. The van der Waals surface area contributed by atoms with Crippen molar-refractivity contribution in [3.05, 3.63) is 42.1 Å². The zero-order valence-corrected chi connectivity index (χ0v) is 14.0. The van der Waals surface area contributed by atoms with E-state index in [0.717, 1.165) is 11.3 Å². The first-order chi connectivity index (χ1) is 12.2. The van der Waals surface area contributed by atoms with Crippen molar-refractivity contribution in [2.45, 2.75) is 25.5 Å². The lowest BCUT2D eigenvalue weighted by Crippen LogP contribution is -2.35. The lowest BCUT2D eigenvalue weighted by molar-refractivity contribution is -0.131. The fraction of sp³-hybridized carbons (Fsp3) is 0.471. The van der Waals surface area contributed by atoms with Crippen molar-refractivity contribution in [2.24, 2.45) is 0 Å². The number of rotatable bonds is 6. The number of aromatic nitrogens is 3. The number of fused-ring (bicyclic) bond motifs is 1. The Kier molecular flexibility index (Phi) is 5.62. The van der Waals surface area contributed by atoms with Crippen molar-refractivity contribution in [3.63, 3.8) is 0 Å². The number of amides is 1. The summed E-state index contributed by atoms with van der Waals surface area (Å²) in [7, 11) is 0. The lowest BCUT2D eigenvalue weighted by Gasteiger charge is -2.20. The molecule has 1 aliphatic heterocycles. The Labute approximate surface area is 146 Å². The highest BCUT2D eigenvalue weighted by atomic mass is 16.3. The molecule has 0 spiro atoms. The largest absolute Gasteiger partial charge is 0.394 e. The number of carbonyl (C=O) groups excluding carboxylic acids is 1. The second-order valence-electron chi connectivity index (χ2n) is 6.10. The number of nitrogens with zero attached hydrogens (tertiary/aromatic N) is 4. The van der Waals surface area contributed by atoms with Gasteiger partial charge in [-0.2, -0.15) is 0 Å². The van der Waals surface area contributed by atoms with E-state index in [9.17, 15) is 9.90 Å². The smallest absolute Gasteiger partial charge is 0.242 e. The van der Waals surface area contributed by atoms with E-state index in [1.165, 1.54) is 6.33 Å². The average Bonchev–Trinajstić information content (AvgIpc) is 3.03. The monoisotopic (exact) mass is 345 g/mol. The molecule has 0 saturated heterocycles. The van der Waals surface area contributed by atoms with Crippen LogP contribution in [0, 0.1) is 0 Å². The van der Waals surface area contributed by atoms with Gasteiger partial charge >= 0.3 is 0 Å². The molecule has 0 aliphatic carbocycles. The quantitative estimate of drug-likeness (QED) is 0.662. The Morgan fingerprint density at radius 2 is 2.00 bits per heavy atom. The van der Waals surface area contributed by atoms with Crippen molar-refractivity contribution in [1.29, 1.82) is 0 Å². The fourth-order valence-corrected chi connectivity index (χ4v) is 2.94. The molecule has 134 valence electrons. The minimum absolute atomic E-state index is 0.0853. The SMILES string of the molecule is O=C(Cn1cccc1)N1CCc2ncnc(NC[C@H](O)CO)c2CC1. The van der Waals surface area contributed by atoms with Gasteiger partial charge in [0.25, 0.3) is 0 Å². The Morgan fingerprint density at radius 1 is 1.24 bits per heavy atom. The van der Waals surface area contributed by atoms with Crippen LogP contribution in [0.2, 0.25) is 0 Å². The maximum Gasteiger partial charge on any atom is 0.242 e. The summed E-state index contributed by atoms with van der Waals surface area (Å²) in [4.78, 5) is 23.0. The summed E-state index contributed by atoms with van der Waals surface area (Å²) in [6.45, 7) is 1.49. The Hall–Kier alpha value is -2.45. The number of nitrogens with one attached hydrogen (secondary N) is 1. The first kappa shape index (κ1) is 17.4. The molecule has 0 radical (unpaired) electrons. The summed E-state index contributed by atoms with van der Waals surface area (Å²) in [6.07, 6.45) is 5.74. The third-order valence-electron chi connectivity index (χ3n) is 4.34. The third-order valence-corrected chi connectivity index (χ3v) is 4.34. The van der Waals surface area contributed by atoms with Crippen LogP contribution >= 0.6 is 0 Å². The van der Waals surface area contributed by atoms with Crippen LogP contribution in [-0.4, -0.2) is 67.9 Å². The van der Waals surface area contributed by atoms with E-state index in [4.69, 9.17) is 5.11 Å². The molecule has 3 rings (SSSR count). The molecule has 8 heteroatoms. The highest BCUT2D eigenvalue weighted by Crippen LogP contribution is 2.20. The summed E-state index contributed by atoms with van der Waals surface area (Å²) in [5, 5.41) is 21.5. The highest BCUT2D eigenvalue weighted by molar-refractivity contribution is 5.76. The van der Waals surface area contributed by atoms with Crippen LogP contribution in [0.15, 0.2) is 30.9 Å². The molecule has 2 aromatic heterocycles. The van der Waals surface area contributed by atoms with Gasteiger partial charge in [0.05, 0.1) is 18.4 Å². The maximum absolute atomic E-state index is 12.5. The van der Waals surface area contributed by atoms with Crippen LogP contribution in [0.3, 0.4) is 0 Å². The van der Waals surface area contributed by atoms with Crippen LogP contribution in [0.5, 0.6) is 0 Å². The van der Waals surface area contributed by atoms with Crippen molar-refractivity contribution in [2.75, 3.05) is 31.6 Å². The molecule has 0 bridgehead atoms. The van der Waals surface area contributed by atoms with E-state index in [-0.39, 0.29) is 19.1 Å². The lowest BCUT2D eigenvalue weighted by atomic mass is 10.1. The number of anilines is 1. The standard InChI is InChI=1S/C17H23N5O3/c23-11-13(24)9-18-17-14-3-7-22(8-4-15(14)19-12-20-17)16(25)10-21-5-1-2-6-21/h1-2,5-6,12-13,23-24H,3-4,7-11H2,(H,18,19,20)/t13-/m0/s1. The molecule has 8 nitrogen and oxygen atoms in total. The van der Waals surface area contributed by atoms with Gasteiger partial charge in [-0.15, -0.1) is 0 Å². The van der Waals surface area contributed by atoms with Gasteiger partial charge in [0.1, 0.15) is 18.7 Å². The number of hydrogen-bond donors (Lipinski definition) is 3. The number of carbonyl (C=O) groups is 1. The summed E-state index contributed by atoms with van der Waals surface area (Å²) >= 11 is 0. The van der Waals surface area contributed by atoms with Crippen molar-refractivity contribution < 1.29 is 15.0 Å². The van der Waals surface area contributed by atoms with E-state index in [2.05, 4.69) is 15.3 Å². The predicted octanol–water partition coefficient (Wildman–Crippen LogP) is -0.329. The van der Waals surface area contributed by atoms with Gasteiger partial charge in [0, 0.05) is 44.0 Å². The molecule has 0 saturated carbocycles. The van der Waals surface area contributed by atoms with Gasteiger partial charge in [0.15, 0.2) is 0 Å². The minimum atomic E-state index is -0.837. The minimum Gasteiger partial charge on any atom is -0.394 e. The van der Waals surface area contributed by atoms with Gasteiger partial charge in [-0.3, -0.25) is 4.79 Å². The van der Waals surface area contributed by atoms with Crippen molar-refractivity contribution in [3.8, 4) is 0 Å². The van der Waals surface area contributed by atoms with Gasteiger partial charge < -0.3 is 25.0 Å². The molecule has 25 heavy (non-hydrogen) atoms. The van der Waals surface area contributed by atoms with E-state index in [0.29, 0.717) is 38.3 Å². The predicted molar refractivity (Wildman–Crippen MR) is 92.0 cm³/mol. The first-order valence-corrected chi connectivity index (χ1v) is 8.41. The number of aliphatic hydroxyl groups excluding tert-OH is 2. The molecule has 3 N–H and O–H groups in total. The fourth-order valence-electron chi connectivity index (χ4n) is 2.94. The van der Waals surface area contributed by atoms with Crippen molar-refractivity contribution >= 4 is 11.7 Å². The van der Waals surface area contributed by atoms with Gasteiger partial charge in [-0.25, -0.2) is 9.97 Å². The molecule has 2 aromatic rings. The summed E-state index contributed by atoms with van der Waals surface area (Å²) in [5.41, 5.74) is 1.90. The summed E-state index contributed by atoms with van der Waals surface area (Å²) < 4.78 is 1.86. The van der Waals surface area contributed by atoms with E-state index in [1.807, 2.05) is 34.0 Å². The van der Waals surface area contributed by atoms with Crippen molar-refractivity contribution in [1.82, 2.24) is 19.4 Å². The first-order valence-electron chi connectivity index (χ1n) is 8.41. The van der Waals surface area contributed by atoms with Gasteiger partial charge in [-0.1, -0.05) is 0 Å².